The fourth-order valence-electron chi connectivity index (χ4n) is 3.73. The zero-order valence-corrected chi connectivity index (χ0v) is 14.7. The first-order valence-corrected chi connectivity index (χ1v) is 9.17. The minimum atomic E-state index is 0.0992. The van der Waals surface area contributed by atoms with Crippen molar-refractivity contribution in [1.82, 2.24) is 20.1 Å². The smallest absolute Gasteiger partial charge is 0.317 e. The van der Waals surface area contributed by atoms with Crippen molar-refractivity contribution >= 4 is 11.8 Å². The van der Waals surface area contributed by atoms with E-state index in [1.54, 1.807) is 0 Å². The first-order valence-electron chi connectivity index (χ1n) is 9.17. The number of hydrogen-bond donors (Lipinski definition) is 1. The Bertz CT molecular complexity index is 515. The molecule has 2 aliphatic rings. The van der Waals surface area contributed by atoms with E-state index in [0.717, 1.165) is 58.1 Å². The van der Waals surface area contributed by atoms with E-state index in [4.69, 9.17) is 0 Å². The van der Waals surface area contributed by atoms with Crippen molar-refractivity contribution in [3.8, 4) is 0 Å². The second kappa shape index (κ2) is 8.33. The lowest BCUT2D eigenvalue weighted by Crippen LogP contribution is -2.51. The first-order chi connectivity index (χ1) is 11.8. The molecular weight excluding hydrogens is 302 g/mol. The number of likely N-dealkylation sites (tertiary alicyclic amines) is 1. The maximum Gasteiger partial charge on any atom is 0.317 e. The third-order valence-electron chi connectivity index (χ3n) is 5.00. The third-order valence-corrected chi connectivity index (χ3v) is 5.00. The van der Waals surface area contributed by atoms with Crippen molar-refractivity contribution in [2.24, 2.45) is 5.92 Å². The van der Waals surface area contributed by atoms with E-state index >= 15 is 0 Å². The van der Waals surface area contributed by atoms with E-state index in [-0.39, 0.29) is 6.03 Å². The summed E-state index contributed by atoms with van der Waals surface area (Å²) >= 11 is 0. The molecule has 0 aromatic carbocycles. The number of nitrogens with one attached hydrogen (secondary N) is 1. The predicted octanol–water partition coefficient (Wildman–Crippen LogP) is 1.65. The van der Waals surface area contributed by atoms with Crippen LogP contribution in [0, 0.1) is 5.92 Å². The van der Waals surface area contributed by atoms with Gasteiger partial charge in [0.25, 0.3) is 0 Å². The van der Waals surface area contributed by atoms with Gasteiger partial charge in [-0.05, 0) is 37.8 Å². The Morgan fingerprint density at radius 3 is 2.79 bits per heavy atom. The minimum absolute atomic E-state index is 0.0992. The second-order valence-electron chi connectivity index (χ2n) is 6.77. The number of nitrogens with zero attached hydrogens (tertiary/aromatic N) is 4. The number of carbonyl (C=O) groups excluding carboxylic acids is 1. The van der Waals surface area contributed by atoms with Gasteiger partial charge in [-0.2, -0.15) is 0 Å². The fraction of sp³-hybridized carbons (Fsp3) is 0.667. The average molecular weight is 331 g/mol. The molecule has 24 heavy (non-hydrogen) atoms. The van der Waals surface area contributed by atoms with E-state index < -0.39 is 0 Å². The number of carbonyl (C=O) groups is 1. The Labute approximate surface area is 144 Å². The number of anilines is 1. The van der Waals surface area contributed by atoms with Crippen LogP contribution in [0.1, 0.15) is 19.8 Å². The highest BCUT2D eigenvalue weighted by Crippen LogP contribution is 2.19. The van der Waals surface area contributed by atoms with Gasteiger partial charge in [0.1, 0.15) is 5.82 Å². The lowest BCUT2D eigenvalue weighted by Gasteiger charge is -2.39. The summed E-state index contributed by atoms with van der Waals surface area (Å²) in [6.07, 6.45) is 4.21. The van der Waals surface area contributed by atoms with Crippen molar-refractivity contribution in [2.75, 3.05) is 57.3 Å². The lowest BCUT2D eigenvalue weighted by atomic mass is 9.97. The molecule has 2 amide bonds. The monoisotopic (exact) mass is 331 g/mol. The molecule has 0 aliphatic carbocycles. The van der Waals surface area contributed by atoms with E-state index in [1.807, 2.05) is 30.2 Å². The van der Waals surface area contributed by atoms with Crippen LogP contribution in [0.4, 0.5) is 10.6 Å². The molecule has 0 spiro atoms. The second-order valence-corrected chi connectivity index (χ2v) is 6.77. The maximum atomic E-state index is 12.0. The van der Waals surface area contributed by atoms with Crippen molar-refractivity contribution < 1.29 is 4.79 Å². The van der Waals surface area contributed by atoms with Crippen LogP contribution in [0.3, 0.4) is 0 Å². The summed E-state index contributed by atoms with van der Waals surface area (Å²) in [5, 5.41) is 2.92. The van der Waals surface area contributed by atoms with Crippen LogP contribution in [0.5, 0.6) is 0 Å². The van der Waals surface area contributed by atoms with Crippen LogP contribution in [-0.4, -0.2) is 73.2 Å². The number of rotatable bonds is 4. The Morgan fingerprint density at radius 2 is 2.08 bits per heavy atom. The molecule has 1 N–H and O–H groups in total. The Hall–Kier alpha value is -1.82. The molecule has 1 atom stereocenters. The van der Waals surface area contributed by atoms with Crippen LogP contribution in [0.15, 0.2) is 24.4 Å². The highest BCUT2D eigenvalue weighted by molar-refractivity contribution is 5.74. The average Bonchev–Trinajstić information content (AvgIpc) is 2.63. The van der Waals surface area contributed by atoms with E-state index in [1.165, 1.54) is 6.42 Å². The van der Waals surface area contributed by atoms with Crippen molar-refractivity contribution in [3.05, 3.63) is 24.4 Å². The molecule has 2 saturated heterocycles. The number of piperazine rings is 1. The van der Waals surface area contributed by atoms with E-state index in [0.29, 0.717) is 12.5 Å². The number of aromatic nitrogens is 1. The summed E-state index contributed by atoms with van der Waals surface area (Å²) in [5.41, 5.74) is 0. The highest BCUT2D eigenvalue weighted by Gasteiger charge is 2.26. The molecule has 6 nitrogen and oxygen atoms in total. The lowest BCUT2D eigenvalue weighted by molar-refractivity contribution is 0.136. The Morgan fingerprint density at radius 1 is 1.25 bits per heavy atom. The van der Waals surface area contributed by atoms with E-state index in [2.05, 4.69) is 26.2 Å². The standard InChI is InChI=1S/C18H29N5O/c1-2-19-18(24)23-9-5-6-16(15-23)14-21-10-12-22(13-11-21)17-7-3-4-8-20-17/h3-4,7-8,16H,2,5-6,9-15H2,1H3,(H,19,24)/t16-/m1/s1. The summed E-state index contributed by atoms with van der Waals surface area (Å²) < 4.78 is 0. The largest absolute Gasteiger partial charge is 0.354 e. The summed E-state index contributed by atoms with van der Waals surface area (Å²) in [5.74, 6) is 1.68. The topological polar surface area (TPSA) is 51.7 Å². The van der Waals surface area contributed by atoms with Gasteiger partial charge in [0.05, 0.1) is 0 Å². The van der Waals surface area contributed by atoms with Gasteiger partial charge in [0.15, 0.2) is 0 Å². The van der Waals surface area contributed by atoms with Gasteiger partial charge in [-0.3, -0.25) is 4.90 Å². The maximum absolute atomic E-state index is 12.0. The summed E-state index contributed by atoms with van der Waals surface area (Å²) in [6, 6.07) is 6.19. The molecule has 1 aromatic heterocycles. The number of urea groups is 1. The summed E-state index contributed by atoms with van der Waals surface area (Å²) in [6.45, 7) is 9.79. The normalized spacial score (nSPS) is 22.5. The van der Waals surface area contributed by atoms with Crippen LogP contribution in [0.25, 0.3) is 0 Å². The fourth-order valence-corrected chi connectivity index (χ4v) is 3.73. The Kier molecular flexibility index (Phi) is 5.91. The van der Waals surface area contributed by atoms with Gasteiger partial charge in [-0.25, -0.2) is 9.78 Å². The molecule has 0 unspecified atom stereocenters. The minimum Gasteiger partial charge on any atom is -0.354 e. The molecule has 3 rings (SSSR count). The number of amides is 2. The molecule has 2 fully saturated rings. The molecule has 1 aromatic rings. The number of pyridine rings is 1. The van der Waals surface area contributed by atoms with Gasteiger partial charge >= 0.3 is 6.03 Å². The third kappa shape index (κ3) is 4.38. The molecular formula is C18H29N5O. The summed E-state index contributed by atoms with van der Waals surface area (Å²) in [7, 11) is 0. The van der Waals surface area contributed by atoms with Gasteiger partial charge in [0.2, 0.25) is 0 Å². The molecule has 0 radical (unpaired) electrons. The molecule has 0 bridgehead atoms. The van der Waals surface area contributed by atoms with Gasteiger partial charge in [-0.1, -0.05) is 6.07 Å². The zero-order chi connectivity index (χ0) is 16.8. The van der Waals surface area contributed by atoms with Crippen LogP contribution in [-0.2, 0) is 0 Å². The number of hydrogen-bond acceptors (Lipinski definition) is 4. The first kappa shape index (κ1) is 17.0. The van der Waals surface area contributed by atoms with Crippen LogP contribution >= 0.6 is 0 Å². The Balaban J connectivity index is 1.45. The van der Waals surface area contributed by atoms with Gasteiger partial charge in [-0.15, -0.1) is 0 Å². The molecule has 3 heterocycles. The van der Waals surface area contributed by atoms with Crippen molar-refractivity contribution in [1.29, 1.82) is 0 Å². The van der Waals surface area contributed by atoms with Crippen LogP contribution in [0.2, 0.25) is 0 Å². The quantitative estimate of drug-likeness (QED) is 0.911. The molecule has 132 valence electrons. The zero-order valence-electron chi connectivity index (χ0n) is 14.7. The van der Waals surface area contributed by atoms with E-state index in [9.17, 15) is 4.79 Å². The van der Waals surface area contributed by atoms with Gasteiger partial charge in [0, 0.05) is 58.6 Å². The predicted molar refractivity (Wildman–Crippen MR) is 96.3 cm³/mol. The highest BCUT2D eigenvalue weighted by atomic mass is 16.2. The summed E-state index contributed by atoms with van der Waals surface area (Å²) in [4.78, 5) is 23.4. The molecule has 0 saturated carbocycles. The van der Waals surface area contributed by atoms with Crippen LogP contribution < -0.4 is 10.2 Å². The van der Waals surface area contributed by atoms with Crippen molar-refractivity contribution in [3.63, 3.8) is 0 Å². The molecule has 6 heteroatoms. The molecule has 2 aliphatic heterocycles. The van der Waals surface area contributed by atoms with Gasteiger partial charge < -0.3 is 15.1 Å². The number of piperidine rings is 1. The van der Waals surface area contributed by atoms with Crippen molar-refractivity contribution in [2.45, 2.75) is 19.8 Å². The SMILES string of the molecule is CCNC(=O)N1CCC[C@H](CN2CCN(c3ccccn3)CC2)C1.